The van der Waals surface area contributed by atoms with E-state index >= 15 is 0 Å². The molecule has 0 spiro atoms. The summed E-state index contributed by atoms with van der Waals surface area (Å²) >= 11 is 3.58. The molecular formula is C14H12BrFN2. The molecule has 1 N–H and O–H groups in total. The molecule has 1 aromatic heterocycles. The first kappa shape index (κ1) is 11.7. The van der Waals surface area contributed by atoms with Crippen molar-refractivity contribution in [2.24, 2.45) is 0 Å². The van der Waals surface area contributed by atoms with Crippen LogP contribution in [0.25, 0.3) is 0 Å². The predicted octanol–water partition coefficient (Wildman–Crippen LogP) is 4.08. The Hall–Kier alpha value is -1.42. The second-order valence-corrected chi connectivity index (χ2v) is 5.27. The van der Waals surface area contributed by atoms with Gasteiger partial charge in [-0.15, -0.1) is 0 Å². The molecule has 0 saturated heterocycles. The van der Waals surface area contributed by atoms with Gasteiger partial charge in [-0.2, -0.15) is 4.39 Å². The Morgan fingerprint density at radius 3 is 2.94 bits per heavy atom. The van der Waals surface area contributed by atoms with E-state index in [2.05, 4.69) is 38.4 Å². The molecule has 1 heterocycles. The van der Waals surface area contributed by atoms with Crippen LogP contribution in [0, 0.1) is 5.95 Å². The summed E-state index contributed by atoms with van der Waals surface area (Å²) in [7, 11) is 0. The van der Waals surface area contributed by atoms with Gasteiger partial charge in [-0.3, -0.25) is 0 Å². The first-order chi connectivity index (χ1) is 8.74. The SMILES string of the molecule is Fc1ccc(NC2CCc3c(Br)cccc32)cn1. The van der Waals surface area contributed by atoms with E-state index in [-0.39, 0.29) is 6.04 Å². The fourth-order valence-electron chi connectivity index (χ4n) is 2.42. The van der Waals surface area contributed by atoms with Crippen LogP contribution < -0.4 is 5.32 Å². The number of hydrogen-bond acceptors (Lipinski definition) is 2. The van der Waals surface area contributed by atoms with E-state index in [1.807, 2.05) is 6.07 Å². The van der Waals surface area contributed by atoms with Gasteiger partial charge in [0, 0.05) is 4.47 Å². The highest BCUT2D eigenvalue weighted by Crippen LogP contribution is 2.37. The number of anilines is 1. The van der Waals surface area contributed by atoms with Crippen molar-refractivity contribution in [2.45, 2.75) is 18.9 Å². The van der Waals surface area contributed by atoms with Gasteiger partial charge in [0.2, 0.25) is 5.95 Å². The van der Waals surface area contributed by atoms with Crippen molar-refractivity contribution in [3.05, 3.63) is 58.1 Å². The minimum atomic E-state index is -0.449. The monoisotopic (exact) mass is 306 g/mol. The molecule has 1 aliphatic rings. The fourth-order valence-corrected chi connectivity index (χ4v) is 3.00. The first-order valence-corrected chi connectivity index (χ1v) is 6.69. The Morgan fingerprint density at radius 2 is 2.17 bits per heavy atom. The third kappa shape index (κ3) is 2.12. The predicted molar refractivity (Wildman–Crippen MR) is 73.0 cm³/mol. The maximum atomic E-state index is 12.7. The lowest BCUT2D eigenvalue weighted by atomic mass is 10.1. The number of nitrogens with zero attached hydrogens (tertiary/aromatic N) is 1. The molecule has 1 aliphatic carbocycles. The van der Waals surface area contributed by atoms with Crippen molar-refractivity contribution in [2.75, 3.05) is 5.32 Å². The van der Waals surface area contributed by atoms with Gasteiger partial charge in [-0.25, -0.2) is 4.98 Å². The maximum Gasteiger partial charge on any atom is 0.212 e. The van der Waals surface area contributed by atoms with E-state index in [1.54, 1.807) is 6.07 Å². The Kier molecular flexibility index (Phi) is 3.04. The smallest absolute Gasteiger partial charge is 0.212 e. The molecule has 2 nitrogen and oxygen atoms in total. The highest BCUT2D eigenvalue weighted by Gasteiger charge is 2.23. The van der Waals surface area contributed by atoms with Crippen LogP contribution in [0.15, 0.2) is 41.0 Å². The standard InChI is InChI=1S/C14H12BrFN2/c15-12-3-1-2-11-10(12)5-6-13(11)18-9-4-7-14(16)17-8-9/h1-4,7-8,13,18H,5-6H2. The van der Waals surface area contributed by atoms with E-state index in [0.29, 0.717) is 0 Å². The van der Waals surface area contributed by atoms with Gasteiger partial charge in [-0.05, 0) is 42.2 Å². The lowest BCUT2D eigenvalue weighted by Crippen LogP contribution is -2.07. The number of rotatable bonds is 2. The zero-order valence-electron chi connectivity index (χ0n) is 9.66. The molecular weight excluding hydrogens is 295 g/mol. The molecule has 1 atom stereocenters. The number of benzene rings is 1. The minimum Gasteiger partial charge on any atom is -0.377 e. The third-order valence-corrected chi connectivity index (χ3v) is 4.02. The van der Waals surface area contributed by atoms with Crippen LogP contribution in [-0.2, 0) is 6.42 Å². The quantitative estimate of drug-likeness (QED) is 0.846. The van der Waals surface area contributed by atoms with Crippen molar-refractivity contribution in [1.82, 2.24) is 4.98 Å². The normalized spacial score (nSPS) is 17.6. The highest BCUT2D eigenvalue weighted by atomic mass is 79.9. The molecule has 0 aliphatic heterocycles. The van der Waals surface area contributed by atoms with Gasteiger partial charge in [0.1, 0.15) is 0 Å². The van der Waals surface area contributed by atoms with Crippen LogP contribution in [0.1, 0.15) is 23.6 Å². The molecule has 0 saturated carbocycles. The summed E-state index contributed by atoms with van der Waals surface area (Å²) < 4.78 is 13.9. The number of hydrogen-bond donors (Lipinski definition) is 1. The van der Waals surface area contributed by atoms with Gasteiger partial charge in [0.15, 0.2) is 0 Å². The summed E-state index contributed by atoms with van der Waals surface area (Å²) in [6, 6.07) is 9.63. The first-order valence-electron chi connectivity index (χ1n) is 5.89. The molecule has 0 radical (unpaired) electrons. The van der Waals surface area contributed by atoms with Gasteiger partial charge < -0.3 is 5.32 Å². The van der Waals surface area contributed by atoms with E-state index < -0.39 is 5.95 Å². The average molecular weight is 307 g/mol. The van der Waals surface area contributed by atoms with E-state index in [4.69, 9.17) is 0 Å². The number of aromatic nitrogens is 1. The molecule has 0 fully saturated rings. The molecule has 1 aromatic carbocycles. The Labute approximate surface area is 113 Å². The Morgan fingerprint density at radius 1 is 1.28 bits per heavy atom. The van der Waals surface area contributed by atoms with Crippen LogP contribution in [0.4, 0.5) is 10.1 Å². The lowest BCUT2D eigenvalue weighted by Gasteiger charge is -2.15. The van der Waals surface area contributed by atoms with Gasteiger partial charge in [0.25, 0.3) is 0 Å². The topological polar surface area (TPSA) is 24.9 Å². The lowest BCUT2D eigenvalue weighted by molar-refractivity contribution is 0.583. The van der Waals surface area contributed by atoms with E-state index in [9.17, 15) is 4.39 Å². The second kappa shape index (κ2) is 4.69. The molecule has 3 rings (SSSR count). The summed E-state index contributed by atoms with van der Waals surface area (Å²) in [5.74, 6) is -0.449. The molecule has 0 bridgehead atoms. The summed E-state index contributed by atoms with van der Waals surface area (Å²) in [4.78, 5) is 3.66. The summed E-state index contributed by atoms with van der Waals surface area (Å²) in [5.41, 5.74) is 3.54. The van der Waals surface area contributed by atoms with Crippen LogP contribution in [0.2, 0.25) is 0 Å². The second-order valence-electron chi connectivity index (χ2n) is 4.41. The van der Waals surface area contributed by atoms with E-state index in [1.165, 1.54) is 27.9 Å². The van der Waals surface area contributed by atoms with Crippen LogP contribution in [0.5, 0.6) is 0 Å². The fraction of sp³-hybridized carbons (Fsp3) is 0.214. The van der Waals surface area contributed by atoms with Crippen molar-refractivity contribution in [1.29, 1.82) is 0 Å². The van der Waals surface area contributed by atoms with Gasteiger partial charge >= 0.3 is 0 Å². The summed E-state index contributed by atoms with van der Waals surface area (Å²) in [6.07, 6.45) is 3.64. The van der Waals surface area contributed by atoms with Crippen LogP contribution in [0.3, 0.4) is 0 Å². The number of nitrogens with one attached hydrogen (secondary N) is 1. The number of halogens is 2. The summed E-state index contributed by atoms with van der Waals surface area (Å²) in [5, 5.41) is 3.40. The maximum absolute atomic E-state index is 12.7. The number of pyridine rings is 1. The molecule has 1 unspecified atom stereocenters. The van der Waals surface area contributed by atoms with Crippen LogP contribution in [-0.4, -0.2) is 4.98 Å². The number of fused-ring (bicyclic) bond motifs is 1. The average Bonchev–Trinajstić information content (AvgIpc) is 2.77. The zero-order chi connectivity index (χ0) is 12.5. The molecule has 0 amide bonds. The Balaban J connectivity index is 1.85. The van der Waals surface area contributed by atoms with Crippen LogP contribution >= 0.6 is 15.9 Å². The van der Waals surface area contributed by atoms with Crippen molar-refractivity contribution >= 4 is 21.6 Å². The summed E-state index contributed by atoms with van der Waals surface area (Å²) in [6.45, 7) is 0. The van der Waals surface area contributed by atoms with Gasteiger partial charge in [-0.1, -0.05) is 28.1 Å². The minimum absolute atomic E-state index is 0.282. The van der Waals surface area contributed by atoms with Crippen molar-refractivity contribution < 1.29 is 4.39 Å². The molecule has 4 heteroatoms. The van der Waals surface area contributed by atoms with Crippen molar-refractivity contribution in [3.8, 4) is 0 Å². The Bertz CT molecular complexity index is 569. The zero-order valence-corrected chi connectivity index (χ0v) is 11.2. The van der Waals surface area contributed by atoms with Crippen molar-refractivity contribution in [3.63, 3.8) is 0 Å². The molecule has 92 valence electrons. The molecule has 18 heavy (non-hydrogen) atoms. The van der Waals surface area contributed by atoms with E-state index in [0.717, 1.165) is 18.5 Å². The van der Waals surface area contributed by atoms with Gasteiger partial charge in [0.05, 0.1) is 17.9 Å². The largest absolute Gasteiger partial charge is 0.377 e. The third-order valence-electron chi connectivity index (χ3n) is 3.28. The molecule has 2 aromatic rings. The highest BCUT2D eigenvalue weighted by molar-refractivity contribution is 9.10.